The minimum absolute atomic E-state index is 0.00899. The lowest BCUT2D eigenvalue weighted by atomic mass is 9.46. The smallest absolute Gasteiger partial charge is 0.155 e. The van der Waals surface area contributed by atoms with Crippen molar-refractivity contribution in [3.05, 3.63) is 23.8 Å². The molecular formula is C22H32O2. The van der Waals surface area contributed by atoms with Gasteiger partial charge < -0.3 is 5.11 Å². The molecular weight excluding hydrogens is 296 g/mol. The molecule has 3 fully saturated rings. The first-order valence-corrected chi connectivity index (χ1v) is 9.86. The number of rotatable bonds is 1. The van der Waals surface area contributed by atoms with E-state index < -0.39 is 0 Å². The summed E-state index contributed by atoms with van der Waals surface area (Å²) in [5.74, 6) is 2.64. The van der Waals surface area contributed by atoms with E-state index in [9.17, 15) is 9.90 Å². The first-order valence-electron chi connectivity index (χ1n) is 9.86. The van der Waals surface area contributed by atoms with Crippen molar-refractivity contribution in [2.24, 2.45) is 34.5 Å². The minimum Gasteiger partial charge on any atom is -0.393 e. The normalized spacial score (nSPS) is 50.6. The van der Waals surface area contributed by atoms with Crippen molar-refractivity contribution in [3.63, 3.8) is 0 Å². The molecule has 0 aromatic heterocycles. The Balaban J connectivity index is 1.72. The zero-order valence-corrected chi connectivity index (χ0v) is 15.5. The molecule has 3 saturated carbocycles. The van der Waals surface area contributed by atoms with Crippen molar-refractivity contribution in [1.29, 1.82) is 0 Å². The van der Waals surface area contributed by atoms with E-state index >= 15 is 0 Å². The predicted molar refractivity (Wildman–Crippen MR) is 96.4 cm³/mol. The van der Waals surface area contributed by atoms with E-state index in [1.807, 2.05) is 6.08 Å². The molecule has 7 atom stereocenters. The summed E-state index contributed by atoms with van der Waals surface area (Å²) in [7, 11) is 0. The van der Waals surface area contributed by atoms with Crippen molar-refractivity contribution < 1.29 is 9.90 Å². The van der Waals surface area contributed by atoms with Crippen LogP contribution in [0.15, 0.2) is 23.8 Å². The maximum Gasteiger partial charge on any atom is 0.155 e. The van der Waals surface area contributed by atoms with Crippen molar-refractivity contribution in [3.8, 4) is 0 Å². The van der Waals surface area contributed by atoms with Crippen LogP contribution in [0.4, 0.5) is 0 Å². The van der Waals surface area contributed by atoms with Gasteiger partial charge in [0, 0.05) is 11.8 Å². The quantitative estimate of drug-likeness (QED) is 0.710. The molecule has 0 radical (unpaired) electrons. The molecule has 0 amide bonds. The Morgan fingerprint density at radius 3 is 2.67 bits per heavy atom. The van der Waals surface area contributed by atoms with Crippen LogP contribution in [-0.4, -0.2) is 17.0 Å². The van der Waals surface area contributed by atoms with E-state index in [2.05, 4.69) is 27.4 Å². The number of hydrogen-bond acceptors (Lipinski definition) is 2. The molecule has 0 aliphatic heterocycles. The van der Waals surface area contributed by atoms with Gasteiger partial charge in [-0.1, -0.05) is 31.6 Å². The maximum atomic E-state index is 11.9. The fourth-order valence-corrected chi connectivity index (χ4v) is 7.32. The lowest BCUT2D eigenvalue weighted by molar-refractivity contribution is -0.131. The summed E-state index contributed by atoms with van der Waals surface area (Å²) >= 11 is 0. The van der Waals surface area contributed by atoms with Crippen molar-refractivity contribution in [2.75, 3.05) is 0 Å². The van der Waals surface area contributed by atoms with Gasteiger partial charge in [0.1, 0.15) is 0 Å². The van der Waals surface area contributed by atoms with Crippen molar-refractivity contribution >= 4 is 5.78 Å². The number of carbonyl (C=O) groups is 1. The first kappa shape index (κ1) is 16.6. The second-order valence-electron chi connectivity index (χ2n) is 9.56. The van der Waals surface area contributed by atoms with E-state index in [0.29, 0.717) is 35.9 Å². The molecule has 1 unspecified atom stereocenters. The molecule has 0 aromatic carbocycles. The third-order valence-corrected chi connectivity index (χ3v) is 8.66. The molecule has 24 heavy (non-hydrogen) atoms. The van der Waals surface area contributed by atoms with Gasteiger partial charge in [0.05, 0.1) is 6.10 Å². The highest BCUT2D eigenvalue weighted by atomic mass is 16.3. The molecule has 0 aromatic rings. The fourth-order valence-electron chi connectivity index (χ4n) is 7.32. The molecule has 4 aliphatic rings. The second-order valence-corrected chi connectivity index (χ2v) is 9.56. The average Bonchev–Trinajstić information content (AvgIpc) is 2.88. The van der Waals surface area contributed by atoms with Crippen LogP contribution in [-0.2, 0) is 4.79 Å². The highest BCUT2D eigenvalue weighted by molar-refractivity contribution is 5.91. The van der Waals surface area contributed by atoms with Gasteiger partial charge in [0.2, 0.25) is 0 Å². The zero-order valence-electron chi connectivity index (χ0n) is 15.5. The Hall–Kier alpha value is -0.890. The molecule has 132 valence electrons. The summed E-state index contributed by atoms with van der Waals surface area (Å²) < 4.78 is 0. The Bertz CT molecular complexity index is 617. The number of allylic oxidation sites excluding steroid dienone is 2. The van der Waals surface area contributed by atoms with Gasteiger partial charge in [0.25, 0.3) is 0 Å². The van der Waals surface area contributed by atoms with E-state index in [-0.39, 0.29) is 16.9 Å². The van der Waals surface area contributed by atoms with Gasteiger partial charge in [-0.25, -0.2) is 0 Å². The molecule has 1 N–H and O–H groups in total. The standard InChI is InChI=1S/C22H32O2/c1-13(2)17-7-8-18-16-6-5-14-11-15(23)9-10-21(14,3)19(16)12-20(24)22(17,18)4/h11,16-20,24H,1,5-10,12H2,2-4H3/t16-,17?,18-,19-,20+,21-,22+/m0/s1. The zero-order chi connectivity index (χ0) is 17.3. The summed E-state index contributed by atoms with van der Waals surface area (Å²) in [4.78, 5) is 11.9. The van der Waals surface area contributed by atoms with Crippen LogP contribution in [0, 0.1) is 34.5 Å². The van der Waals surface area contributed by atoms with Crippen molar-refractivity contribution in [2.45, 2.75) is 71.8 Å². The minimum atomic E-state index is -0.234. The monoisotopic (exact) mass is 328 g/mol. The fraction of sp³-hybridized carbons (Fsp3) is 0.773. The van der Waals surface area contributed by atoms with Crippen LogP contribution >= 0.6 is 0 Å². The van der Waals surface area contributed by atoms with Crippen molar-refractivity contribution in [1.82, 2.24) is 0 Å². The number of carbonyl (C=O) groups excluding carboxylic acids is 1. The first-order chi connectivity index (χ1) is 11.3. The Morgan fingerprint density at radius 2 is 1.96 bits per heavy atom. The Labute approximate surface area is 146 Å². The van der Waals surface area contributed by atoms with Crippen LogP contribution in [0.2, 0.25) is 0 Å². The van der Waals surface area contributed by atoms with Gasteiger partial charge in [-0.05, 0) is 80.6 Å². The summed E-state index contributed by atoms with van der Waals surface area (Å²) in [5, 5.41) is 11.2. The van der Waals surface area contributed by atoms with Gasteiger partial charge in [-0.15, -0.1) is 0 Å². The van der Waals surface area contributed by atoms with Crippen LogP contribution in [0.3, 0.4) is 0 Å². The molecule has 0 heterocycles. The number of aliphatic hydroxyl groups is 1. The van der Waals surface area contributed by atoms with Gasteiger partial charge in [-0.2, -0.15) is 0 Å². The lowest BCUT2D eigenvalue weighted by Crippen LogP contribution is -2.56. The predicted octanol–water partition coefficient (Wildman–Crippen LogP) is 4.68. The lowest BCUT2D eigenvalue weighted by Gasteiger charge is -2.59. The van der Waals surface area contributed by atoms with Crippen LogP contribution in [0.5, 0.6) is 0 Å². The second kappa shape index (κ2) is 5.30. The largest absolute Gasteiger partial charge is 0.393 e. The van der Waals surface area contributed by atoms with Gasteiger partial charge in [-0.3, -0.25) is 4.79 Å². The number of aliphatic hydroxyl groups excluding tert-OH is 1. The third-order valence-electron chi connectivity index (χ3n) is 8.66. The third kappa shape index (κ3) is 2.01. The van der Waals surface area contributed by atoms with Crippen LogP contribution in [0.25, 0.3) is 0 Å². The summed E-state index contributed by atoms with van der Waals surface area (Å²) in [5.41, 5.74) is 2.78. The molecule has 0 bridgehead atoms. The van der Waals surface area contributed by atoms with Gasteiger partial charge >= 0.3 is 0 Å². The molecule has 2 nitrogen and oxygen atoms in total. The molecule has 0 saturated heterocycles. The summed E-state index contributed by atoms with van der Waals surface area (Å²) in [6.07, 6.45) is 9.01. The Kier molecular flexibility index (Phi) is 3.66. The average molecular weight is 328 g/mol. The highest BCUT2D eigenvalue weighted by Crippen LogP contribution is 2.67. The van der Waals surface area contributed by atoms with E-state index in [4.69, 9.17) is 0 Å². The van der Waals surface area contributed by atoms with Crippen LogP contribution in [0.1, 0.15) is 65.7 Å². The topological polar surface area (TPSA) is 37.3 Å². The highest BCUT2D eigenvalue weighted by Gasteiger charge is 2.62. The Morgan fingerprint density at radius 1 is 1.21 bits per heavy atom. The molecule has 4 rings (SSSR count). The van der Waals surface area contributed by atoms with E-state index in [0.717, 1.165) is 19.3 Å². The summed E-state index contributed by atoms with van der Waals surface area (Å²) in [6.45, 7) is 11.1. The molecule has 4 aliphatic carbocycles. The van der Waals surface area contributed by atoms with E-state index in [1.165, 1.54) is 30.4 Å². The molecule has 0 spiro atoms. The number of ketones is 1. The van der Waals surface area contributed by atoms with E-state index in [1.54, 1.807) is 0 Å². The number of hydrogen-bond donors (Lipinski definition) is 1. The summed E-state index contributed by atoms with van der Waals surface area (Å²) in [6, 6.07) is 0. The maximum absolute atomic E-state index is 11.9. The molecule has 2 heteroatoms. The van der Waals surface area contributed by atoms with Crippen LogP contribution < -0.4 is 0 Å². The number of fused-ring (bicyclic) bond motifs is 5. The SMILES string of the molecule is C=C(C)C1CC[C@H]2[C@@H]3CCC4=CC(=O)CC[C@]4(C)[C@H]3C[C@@H](O)[C@]12C. The van der Waals surface area contributed by atoms with Gasteiger partial charge in [0.15, 0.2) is 5.78 Å².